The quantitative estimate of drug-likeness (QED) is 0.907. The summed E-state index contributed by atoms with van der Waals surface area (Å²) in [6, 6.07) is 13.0. The normalized spacial score (nSPS) is 11.5. The van der Waals surface area contributed by atoms with Gasteiger partial charge in [0.15, 0.2) is 0 Å². The minimum Gasteiger partial charge on any atom is -0.496 e. The van der Waals surface area contributed by atoms with Gasteiger partial charge in [-0.2, -0.15) is 5.26 Å². The molecule has 0 aliphatic carbocycles. The molecule has 1 atom stereocenters. The van der Waals surface area contributed by atoms with Crippen LogP contribution in [-0.2, 0) is 0 Å². The van der Waals surface area contributed by atoms with Gasteiger partial charge >= 0.3 is 0 Å². The van der Waals surface area contributed by atoms with Crippen LogP contribution in [0.4, 0.5) is 10.1 Å². The second kappa shape index (κ2) is 6.40. The van der Waals surface area contributed by atoms with Gasteiger partial charge in [-0.3, -0.25) is 0 Å². The molecule has 0 aliphatic heterocycles. The Morgan fingerprint density at radius 1 is 1.30 bits per heavy atom. The number of anilines is 1. The number of hydrogen-bond donors (Lipinski definition) is 1. The van der Waals surface area contributed by atoms with Crippen LogP contribution in [0.1, 0.15) is 11.6 Å². The van der Waals surface area contributed by atoms with Crippen molar-refractivity contribution in [3.05, 3.63) is 58.3 Å². The van der Waals surface area contributed by atoms with Crippen LogP contribution in [0.25, 0.3) is 0 Å². The zero-order valence-electron chi connectivity index (χ0n) is 10.7. The molecular weight excluding hydrogens is 323 g/mol. The smallest absolute Gasteiger partial charge is 0.140 e. The number of benzene rings is 2. The molecular formula is C15H12BrFN2O. The maximum atomic E-state index is 13.1. The maximum absolute atomic E-state index is 13.1. The summed E-state index contributed by atoms with van der Waals surface area (Å²) >= 11 is 3.38. The molecule has 0 saturated heterocycles. The van der Waals surface area contributed by atoms with E-state index < -0.39 is 6.04 Å². The van der Waals surface area contributed by atoms with E-state index >= 15 is 0 Å². The third kappa shape index (κ3) is 3.28. The van der Waals surface area contributed by atoms with Crippen LogP contribution in [0.5, 0.6) is 5.75 Å². The monoisotopic (exact) mass is 334 g/mol. The molecule has 20 heavy (non-hydrogen) atoms. The van der Waals surface area contributed by atoms with Gasteiger partial charge < -0.3 is 10.1 Å². The van der Waals surface area contributed by atoms with Gasteiger partial charge in [-0.1, -0.05) is 12.1 Å². The highest BCUT2D eigenvalue weighted by Crippen LogP contribution is 2.29. The zero-order valence-corrected chi connectivity index (χ0v) is 12.3. The van der Waals surface area contributed by atoms with Crippen molar-refractivity contribution in [2.45, 2.75) is 6.04 Å². The summed E-state index contributed by atoms with van der Waals surface area (Å²) < 4.78 is 19.1. The first-order valence-corrected chi connectivity index (χ1v) is 6.68. The highest BCUT2D eigenvalue weighted by atomic mass is 79.9. The van der Waals surface area contributed by atoms with Crippen molar-refractivity contribution in [1.82, 2.24) is 0 Å². The minimum atomic E-state index is -0.570. The predicted molar refractivity (Wildman–Crippen MR) is 79.1 cm³/mol. The molecule has 0 radical (unpaired) electrons. The first-order valence-electron chi connectivity index (χ1n) is 5.89. The van der Waals surface area contributed by atoms with Crippen molar-refractivity contribution in [1.29, 1.82) is 5.26 Å². The number of ether oxygens (including phenoxy) is 1. The number of nitriles is 1. The Labute approximate surface area is 125 Å². The summed E-state index contributed by atoms with van der Waals surface area (Å²) in [5.41, 5.74) is 1.33. The number of hydrogen-bond acceptors (Lipinski definition) is 3. The average Bonchev–Trinajstić information content (AvgIpc) is 2.44. The van der Waals surface area contributed by atoms with Crippen LogP contribution in [0.2, 0.25) is 0 Å². The van der Waals surface area contributed by atoms with E-state index in [2.05, 4.69) is 27.3 Å². The van der Waals surface area contributed by atoms with Crippen molar-refractivity contribution in [3.63, 3.8) is 0 Å². The minimum absolute atomic E-state index is 0.345. The first kappa shape index (κ1) is 14.4. The van der Waals surface area contributed by atoms with E-state index in [4.69, 9.17) is 4.74 Å². The summed E-state index contributed by atoms with van der Waals surface area (Å²) in [4.78, 5) is 0. The molecule has 3 nitrogen and oxygen atoms in total. The summed E-state index contributed by atoms with van der Waals surface area (Å²) in [5, 5.41) is 12.3. The summed E-state index contributed by atoms with van der Waals surface area (Å²) in [7, 11) is 1.58. The molecule has 0 bridgehead atoms. The number of methoxy groups -OCH3 is 1. The lowest BCUT2D eigenvalue weighted by molar-refractivity contribution is 0.412. The van der Waals surface area contributed by atoms with E-state index in [1.807, 2.05) is 0 Å². The van der Waals surface area contributed by atoms with Gasteiger partial charge in [0.05, 0.1) is 17.7 Å². The fourth-order valence-corrected chi connectivity index (χ4v) is 2.36. The SMILES string of the molecule is COc1ccc(C(C#N)Nc2cccc(F)c2)cc1Br. The van der Waals surface area contributed by atoms with Crippen molar-refractivity contribution < 1.29 is 9.13 Å². The molecule has 2 aromatic carbocycles. The van der Waals surface area contributed by atoms with Gasteiger partial charge in [-0.15, -0.1) is 0 Å². The molecule has 0 aromatic heterocycles. The third-order valence-electron chi connectivity index (χ3n) is 2.77. The van der Waals surface area contributed by atoms with Crippen molar-refractivity contribution in [2.75, 3.05) is 12.4 Å². The largest absolute Gasteiger partial charge is 0.496 e. The molecule has 0 spiro atoms. The molecule has 5 heteroatoms. The van der Waals surface area contributed by atoms with Crippen LogP contribution in [0.3, 0.4) is 0 Å². The molecule has 0 aliphatic rings. The van der Waals surface area contributed by atoms with Crippen LogP contribution in [-0.4, -0.2) is 7.11 Å². The Bertz CT molecular complexity index is 655. The number of halogens is 2. The van der Waals surface area contributed by atoms with Gasteiger partial charge in [-0.05, 0) is 51.8 Å². The van der Waals surface area contributed by atoms with E-state index in [0.717, 1.165) is 10.0 Å². The van der Waals surface area contributed by atoms with Crippen molar-refractivity contribution in [2.24, 2.45) is 0 Å². The first-order chi connectivity index (χ1) is 9.63. The van der Waals surface area contributed by atoms with Gasteiger partial charge in [-0.25, -0.2) is 4.39 Å². The second-order valence-corrected chi connectivity index (χ2v) is 4.97. The Hall–Kier alpha value is -2.06. The fraction of sp³-hybridized carbons (Fsp3) is 0.133. The topological polar surface area (TPSA) is 45.0 Å². The number of nitrogens with one attached hydrogen (secondary N) is 1. The van der Waals surface area contributed by atoms with E-state index in [9.17, 15) is 9.65 Å². The average molecular weight is 335 g/mol. The zero-order chi connectivity index (χ0) is 14.5. The Kier molecular flexibility index (Phi) is 4.59. The van der Waals surface area contributed by atoms with Gasteiger partial charge in [0.2, 0.25) is 0 Å². The number of rotatable bonds is 4. The molecule has 2 rings (SSSR count). The van der Waals surface area contributed by atoms with Crippen molar-refractivity contribution in [3.8, 4) is 11.8 Å². The molecule has 0 amide bonds. The van der Waals surface area contributed by atoms with Crippen LogP contribution < -0.4 is 10.1 Å². The summed E-state index contributed by atoms with van der Waals surface area (Å²) in [6.07, 6.45) is 0. The standard InChI is InChI=1S/C15H12BrFN2O/c1-20-15-6-5-10(7-13(15)16)14(9-18)19-12-4-2-3-11(17)8-12/h2-8,14,19H,1H3. The van der Waals surface area contributed by atoms with E-state index in [0.29, 0.717) is 11.4 Å². The molecule has 1 N–H and O–H groups in total. The summed E-state index contributed by atoms with van der Waals surface area (Å²) in [6.45, 7) is 0. The lowest BCUT2D eigenvalue weighted by atomic mass is 10.1. The summed E-state index contributed by atoms with van der Waals surface area (Å²) in [5.74, 6) is 0.346. The fourth-order valence-electron chi connectivity index (χ4n) is 1.80. The van der Waals surface area contributed by atoms with Crippen molar-refractivity contribution >= 4 is 21.6 Å². The van der Waals surface area contributed by atoms with Crippen LogP contribution in [0, 0.1) is 17.1 Å². The van der Waals surface area contributed by atoms with Gasteiger partial charge in [0, 0.05) is 5.69 Å². The Morgan fingerprint density at radius 3 is 2.70 bits per heavy atom. The van der Waals surface area contributed by atoms with Crippen LogP contribution in [0.15, 0.2) is 46.9 Å². The van der Waals surface area contributed by atoms with Gasteiger partial charge in [0.25, 0.3) is 0 Å². The lowest BCUT2D eigenvalue weighted by Crippen LogP contribution is -2.08. The molecule has 1 unspecified atom stereocenters. The molecule has 102 valence electrons. The Morgan fingerprint density at radius 2 is 2.10 bits per heavy atom. The predicted octanol–water partition coefficient (Wildman–Crippen LogP) is 4.27. The van der Waals surface area contributed by atoms with Gasteiger partial charge in [0.1, 0.15) is 17.6 Å². The maximum Gasteiger partial charge on any atom is 0.140 e. The molecule has 0 saturated carbocycles. The van der Waals surface area contributed by atoms with E-state index in [1.54, 1.807) is 37.4 Å². The third-order valence-corrected chi connectivity index (χ3v) is 3.39. The second-order valence-electron chi connectivity index (χ2n) is 4.11. The van der Waals surface area contributed by atoms with E-state index in [1.165, 1.54) is 12.1 Å². The van der Waals surface area contributed by atoms with E-state index in [-0.39, 0.29) is 5.82 Å². The number of nitrogens with zero attached hydrogens (tertiary/aromatic N) is 1. The molecule has 2 aromatic rings. The van der Waals surface area contributed by atoms with Crippen LogP contribution >= 0.6 is 15.9 Å². The highest BCUT2D eigenvalue weighted by Gasteiger charge is 2.12. The highest BCUT2D eigenvalue weighted by molar-refractivity contribution is 9.10. The molecule has 0 fully saturated rings. The lowest BCUT2D eigenvalue weighted by Gasteiger charge is -2.14. The molecule has 0 heterocycles. The Balaban J connectivity index is 2.25.